The van der Waals surface area contributed by atoms with Crippen LogP contribution >= 0.6 is 11.3 Å². The minimum atomic E-state index is -0.196. The van der Waals surface area contributed by atoms with Crippen molar-refractivity contribution in [2.24, 2.45) is 5.92 Å². The molecule has 3 heterocycles. The fraction of sp³-hybridized carbons (Fsp3) is 0.435. The molecule has 158 valence electrons. The second kappa shape index (κ2) is 8.22. The molecule has 0 spiro atoms. The molecule has 1 aliphatic heterocycles. The van der Waals surface area contributed by atoms with Gasteiger partial charge in [0.05, 0.1) is 0 Å². The Labute approximate surface area is 180 Å². The predicted octanol–water partition coefficient (Wildman–Crippen LogP) is 4.01. The minimum Gasteiger partial charge on any atom is -0.339 e. The first kappa shape index (κ1) is 20.6. The zero-order valence-electron chi connectivity index (χ0n) is 17.7. The van der Waals surface area contributed by atoms with Gasteiger partial charge in [0, 0.05) is 25.1 Å². The molecule has 1 fully saturated rings. The Kier molecular flexibility index (Phi) is 5.64. The van der Waals surface area contributed by atoms with Crippen molar-refractivity contribution in [2.45, 2.75) is 45.4 Å². The highest BCUT2D eigenvalue weighted by molar-refractivity contribution is 7.12. The number of piperidine rings is 1. The summed E-state index contributed by atoms with van der Waals surface area (Å²) in [4.78, 5) is 27.0. The van der Waals surface area contributed by atoms with Crippen LogP contribution in [0.25, 0.3) is 5.00 Å². The number of thiophene rings is 1. The maximum atomic E-state index is 12.9. The third kappa shape index (κ3) is 4.26. The number of nitrogens with zero attached hydrogens (tertiary/aromatic N) is 3. The Hall–Kier alpha value is -2.67. The fourth-order valence-electron chi connectivity index (χ4n) is 3.98. The first-order valence-electron chi connectivity index (χ1n) is 10.4. The average Bonchev–Trinajstić information content (AvgIpc) is 3.37. The van der Waals surface area contributed by atoms with Crippen molar-refractivity contribution in [2.75, 3.05) is 13.1 Å². The molecule has 0 bridgehead atoms. The Bertz CT molecular complexity index is 1050. The molecule has 3 aromatic rings. The zero-order valence-corrected chi connectivity index (χ0v) is 18.5. The van der Waals surface area contributed by atoms with Gasteiger partial charge in [-0.05, 0) is 59.4 Å². The Morgan fingerprint density at radius 1 is 1.17 bits per heavy atom. The molecule has 30 heavy (non-hydrogen) atoms. The van der Waals surface area contributed by atoms with Gasteiger partial charge in [0.1, 0.15) is 10.8 Å². The van der Waals surface area contributed by atoms with E-state index in [0.29, 0.717) is 5.92 Å². The maximum absolute atomic E-state index is 12.9. The van der Waals surface area contributed by atoms with E-state index in [1.165, 1.54) is 16.9 Å². The normalized spacial score (nSPS) is 15.5. The molecule has 1 aromatic carbocycles. The van der Waals surface area contributed by atoms with Crippen LogP contribution in [-0.2, 0) is 11.8 Å². The molecular formula is C23H28N4O2S. The van der Waals surface area contributed by atoms with E-state index in [9.17, 15) is 9.59 Å². The van der Waals surface area contributed by atoms with Gasteiger partial charge >= 0.3 is 5.69 Å². The molecule has 1 saturated heterocycles. The lowest BCUT2D eigenvalue weighted by Crippen LogP contribution is -2.39. The van der Waals surface area contributed by atoms with Crippen molar-refractivity contribution >= 4 is 17.2 Å². The fourth-order valence-corrected chi connectivity index (χ4v) is 4.73. The highest BCUT2D eigenvalue weighted by Crippen LogP contribution is 2.25. The van der Waals surface area contributed by atoms with Gasteiger partial charge in [0.25, 0.3) is 5.91 Å². The molecule has 7 heteroatoms. The number of hydrogen-bond acceptors (Lipinski definition) is 4. The van der Waals surface area contributed by atoms with E-state index >= 15 is 0 Å². The molecule has 1 N–H and O–H groups in total. The van der Waals surface area contributed by atoms with Crippen LogP contribution in [0, 0.1) is 5.92 Å². The molecule has 0 radical (unpaired) electrons. The van der Waals surface area contributed by atoms with E-state index in [4.69, 9.17) is 0 Å². The minimum absolute atomic E-state index is 0.0795. The van der Waals surface area contributed by atoms with Gasteiger partial charge in [0.2, 0.25) is 0 Å². The number of carbonyl (C=O) groups is 1. The van der Waals surface area contributed by atoms with Crippen molar-refractivity contribution in [1.29, 1.82) is 0 Å². The molecule has 4 rings (SSSR count). The summed E-state index contributed by atoms with van der Waals surface area (Å²) in [5, 5.41) is 9.66. The summed E-state index contributed by atoms with van der Waals surface area (Å²) in [5.74, 6) is 1.28. The lowest BCUT2D eigenvalue weighted by molar-refractivity contribution is 0.0689. The summed E-state index contributed by atoms with van der Waals surface area (Å²) in [5.41, 5.74) is 1.86. The Morgan fingerprint density at radius 3 is 2.47 bits per heavy atom. The first-order valence-corrected chi connectivity index (χ1v) is 11.3. The van der Waals surface area contributed by atoms with Gasteiger partial charge in [-0.1, -0.05) is 32.9 Å². The Morgan fingerprint density at radius 2 is 1.87 bits per heavy atom. The number of aromatic amines is 1. The van der Waals surface area contributed by atoms with Gasteiger partial charge in [0.15, 0.2) is 0 Å². The highest BCUT2D eigenvalue weighted by Gasteiger charge is 2.26. The summed E-state index contributed by atoms with van der Waals surface area (Å²) in [6.07, 6.45) is 2.56. The van der Waals surface area contributed by atoms with Crippen molar-refractivity contribution in [3.05, 3.63) is 69.2 Å². The number of hydrogen-bond donors (Lipinski definition) is 1. The summed E-state index contributed by atoms with van der Waals surface area (Å²) < 4.78 is 1.67. The van der Waals surface area contributed by atoms with Gasteiger partial charge in [-0.3, -0.25) is 4.79 Å². The molecule has 2 aromatic heterocycles. The summed E-state index contributed by atoms with van der Waals surface area (Å²) >= 11 is 1.53. The van der Waals surface area contributed by atoms with Crippen LogP contribution in [0.1, 0.15) is 55.4 Å². The first-order chi connectivity index (χ1) is 14.3. The number of H-pyrrole nitrogens is 1. The van der Waals surface area contributed by atoms with E-state index in [-0.39, 0.29) is 17.0 Å². The zero-order chi connectivity index (χ0) is 21.3. The van der Waals surface area contributed by atoms with Crippen molar-refractivity contribution in [3.63, 3.8) is 0 Å². The van der Waals surface area contributed by atoms with E-state index in [0.717, 1.165) is 48.7 Å². The third-order valence-electron chi connectivity index (χ3n) is 5.84. The molecule has 1 aliphatic rings. The number of benzene rings is 1. The number of likely N-dealkylation sites (tertiary alicyclic amines) is 1. The number of nitrogens with one attached hydrogen (secondary N) is 1. The van der Waals surface area contributed by atoms with Gasteiger partial charge in [-0.2, -0.15) is 5.10 Å². The number of amides is 1. The maximum Gasteiger partial charge on any atom is 0.348 e. The van der Waals surface area contributed by atoms with E-state index in [2.05, 4.69) is 43.1 Å². The van der Waals surface area contributed by atoms with Crippen LogP contribution < -0.4 is 5.69 Å². The second-order valence-corrected chi connectivity index (χ2v) is 9.92. The van der Waals surface area contributed by atoms with Crippen LogP contribution in [0.4, 0.5) is 0 Å². The van der Waals surface area contributed by atoms with Crippen LogP contribution in [0.3, 0.4) is 0 Å². The molecule has 0 atom stereocenters. The molecule has 6 nitrogen and oxygen atoms in total. The van der Waals surface area contributed by atoms with Gasteiger partial charge in [-0.25, -0.2) is 14.5 Å². The van der Waals surface area contributed by atoms with Crippen molar-refractivity contribution in [1.82, 2.24) is 19.7 Å². The van der Waals surface area contributed by atoms with Gasteiger partial charge in [-0.15, -0.1) is 11.3 Å². The van der Waals surface area contributed by atoms with Crippen LogP contribution in [0.15, 0.2) is 46.6 Å². The van der Waals surface area contributed by atoms with Crippen molar-refractivity contribution < 1.29 is 4.79 Å². The number of rotatable bonds is 4. The quantitative estimate of drug-likeness (QED) is 0.688. The lowest BCUT2D eigenvalue weighted by atomic mass is 9.86. The topological polar surface area (TPSA) is 71.0 Å². The molecule has 0 unspecified atom stereocenters. The van der Waals surface area contributed by atoms with Crippen molar-refractivity contribution in [3.8, 4) is 5.00 Å². The SMILES string of the molecule is CC(C)(C)c1ccc(C(=O)N2CCC(Cc3n[nH]c(=O)n3-c3cccs3)CC2)cc1. The standard InChI is InChI=1S/C23H28N4O2S/c1-23(2,3)18-8-6-17(7-9-18)21(28)26-12-10-16(11-13-26)15-19-24-25-22(29)27(19)20-5-4-14-30-20/h4-9,14,16H,10-13,15H2,1-3H3,(H,25,29). The number of carbonyl (C=O) groups excluding carboxylic acids is 1. The molecule has 0 aliphatic carbocycles. The second-order valence-electron chi connectivity index (χ2n) is 9.00. The molecular weight excluding hydrogens is 396 g/mol. The summed E-state index contributed by atoms with van der Waals surface area (Å²) in [6.45, 7) is 7.99. The lowest BCUT2D eigenvalue weighted by Gasteiger charge is -2.32. The monoisotopic (exact) mass is 424 g/mol. The highest BCUT2D eigenvalue weighted by atomic mass is 32.1. The number of aromatic nitrogens is 3. The average molecular weight is 425 g/mol. The van der Waals surface area contributed by atoms with E-state index < -0.39 is 0 Å². The Balaban J connectivity index is 1.38. The summed E-state index contributed by atoms with van der Waals surface area (Å²) in [7, 11) is 0. The molecule has 1 amide bonds. The van der Waals surface area contributed by atoms with E-state index in [1.54, 1.807) is 4.57 Å². The van der Waals surface area contributed by atoms with Crippen LogP contribution in [0.5, 0.6) is 0 Å². The summed E-state index contributed by atoms with van der Waals surface area (Å²) in [6, 6.07) is 11.9. The van der Waals surface area contributed by atoms with Crippen LogP contribution in [0.2, 0.25) is 0 Å². The van der Waals surface area contributed by atoms with Crippen LogP contribution in [-0.4, -0.2) is 38.7 Å². The smallest absolute Gasteiger partial charge is 0.339 e. The predicted molar refractivity (Wildman–Crippen MR) is 120 cm³/mol. The third-order valence-corrected chi connectivity index (χ3v) is 6.69. The largest absolute Gasteiger partial charge is 0.348 e. The molecule has 0 saturated carbocycles. The van der Waals surface area contributed by atoms with Gasteiger partial charge < -0.3 is 4.90 Å². The van der Waals surface area contributed by atoms with E-state index in [1.807, 2.05) is 34.5 Å².